The van der Waals surface area contributed by atoms with E-state index in [-0.39, 0.29) is 29.0 Å². The molecule has 1 aliphatic rings. The van der Waals surface area contributed by atoms with E-state index in [2.05, 4.69) is 5.32 Å². The number of carbonyl (C=O) groups is 4. The molecule has 0 unspecified atom stereocenters. The van der Waals surface area contributed by atoms with Crippen LogP contribution in [0.5, 0.6) is 0 Å². The molecule has 0 saturated carbocycles. The van der Waals surface area contributed by atoms with Gasteiger partial charge in [0, 0.05) is 5.69 Å². The summed E-state index contributed by atoms with van der Waals surface area (Å²) < 4.78 is 10.4. The second kappa shape index (κ2) is 10.4. The molecule has 0 radical (unpaired) electrons. The zero-order valence-corrected chi connectivity index (χ0v) is 19.4. The number of esters is 2. The largest absolute Gasteiger partial charge is 0.481 e. The van der Waals surface area contributed by atoms with Crippen LogP contribution in [0.25, 0.3) is 0 Å². The number of carboxylic acids is 1. The number of amides is 1. The maximum Gasteiger partial charge on any atom is 0.338 e. The van der Waals surface area contributed by atoms with E-state index in [9.17, 15) is 24.3 Å². The monoisotopic (exact) mass is 445 g/mol. The van der Waals surface area contributed by atoms with Crippen LogP contribution in [-0.4, -0.2) is 41.1 Å². The molecule has 0 heterocycles. The smallest absolute Gasteiger partial charge is 0.338 e. The summed E-state index contributed by atoms with van der Waals surface area (Å²) in [5.41, 5.74) is 2.31. The van der Waals surface area contributed by atoms with Crippen LogP contribution in [0.15, 0.2) is 29.3 Å². The summed E-state index contributed by atoms with van der Waals surface area (Å²) in [5.74, 6) is -4.43. The average Bonchev–Trinajstić information content (AvgIpc) is 2.68. The number of rotatable bonds is 7. The molecule has 0 spiro atoms. The SMILES string of the molecule is CC1=C(C)C[C@H](C(=O)Nc2cc(C(=O)OC(C)C)cc(C(=O)OC(C)C)c2)[C@@H](C(=O)O)C1. The van der Waals surface area contributed by atoms with Gasteiger partial charge in [-0.1, -0.05) is 11.1 Å². The Labute approximate surface area is 188 Å². The minimum absolute atomic E-state index is 0.0811. The third-order valence-electron chi connectivity index (χ3n) is 5.28. The third kappa shape index (κ3) is 6.42. The number of allylic oxidation sites excluding steroid dienone is 2. The predicted octanol–water partition coefficient (Wildman–Crippen LogP) is 4.20. The van der Waals surface area contributed by atoms with Gasteiger partial charge in [0.05, 0.1) is 35.2 Å². The maximum atomic E-state index is 13.0. The lowest BCUT2D eigenvalue weighted by molar-refractivity contribution is -0.146. The van der Waals surface area contributed by atoms with E-state index in [1.807, 2.05) is 13.8 Å². The third-order valence-corrected chi connectivity index (χ3v) is 5.28. The van der Waals surface area contributed by atoms with Crippen molar-refractivity contribution in [3.63, 3.8) is 0 Å². The Hall–Kier alpha value is -3.16. The molecule has 2 N–H and O–H groups in total. The van der Waals surface area contributed by atoms with Gasteiger partial charge in [-0.05, 0) is 72.6 Å². The summed E-state index contributed by atoms with van der Waals surface area (Å²) >= 11 is 0. The van der Waals surface area contributed by atoms with Crippen LogP contribution in [0.3, 0.4) is 0 Å². The van der Waals surface area contributed by atoms with Gasteiger partial charge < -0.3 is 19.9 Å². The fourth-order valence-electron chi connectivity index (χ4n) is 3.56. The topological polar surface area (TPSA) is 119 Å². The van der Waals surface area contributed by atoms with Crippen molar-refractivity contribution in [2.45, 2.75) is 66.6 Å². The Kier molecular flexibility index (Phi) is 8.19. The molecule has 0 fully saturated rings. The summed E-state index contributed by atoms with van der Waals surface area (Å²) in [6.45, 7) is 10.6. The summed E-state index contributed by atoms with van der Waals surface area (Å²) in [4.78, 5) is 49.6. The molecule has 0 aromatic heterocycles. The first-order valence-corrected chi connectivity index (χ1v) is 10.6. The number of ether oxygens (including phenoxy) is 2. The number of hydrogen-bond acceptors (Lipinski definition) is 6. The van der Waals surface area contributed by atoms with Gasteiger partial charge in [-0.25, -0.2) is 9.59 Å². The van der Waals surface area contributed by atoms with Crippen molar-refractivity contribution in [1.82, 2.24) is 0 Å². The van der Waals surface area contributed by atoms with Gasteiger partial charge in [0.15, 0.2) is 0 Å². The highest BCUT2D eigenvalue weighted by Crippen LogP contribution is 2.35. The zero-order valence-electron chi connectivity index (χ0n) is 19.4. The number of anilines is 1. The maximum absolute atomic E-state index is 13.0. The van der Waals surface area contributed by atoms with Crippen LogP contribution in [0.2, 0.25) is 0 Å². The van der Waals surface area contributed by atoms with Gasteiger partial charge in [-0.3, -0.25) is 9.59 Å². The fraction of sp³-hybridized carbons (Fsp3) is 0.500. The van der Waals surface area contributed by atoms with Gasteiger partial charge in [0.25, 0.3) is 0 Å². The Bertz CT molecular complexity index is 905. The lowest BCUT2D eigenvalue weighted by Gasteiger charge is -2.29. The predicted molar refractivity (Wildman–Crippen MR) is 118 cm³/mol. The van der Waals surface area contributed by atoms with E-state index in [1.54, 1.807) is 27.7 Å². The number of benzene rings is 1. The minimum atomic E-state index is -1.03. The number of hydrogen-bond donors (Lipinski definition) is 2. The normalized spacial score (nSPS) is 18.5. The molecular weight excluding hydrogens is 414 g/mol. The van der Waals surface area contributed by atoms with Crippen LogP contribution in [0, 0.1) is 11.8 Å². The molecule has 2 atom stereocenters. The molecule has 174 valence electrons. The molecule has 8 heteroatoms. The van der Waals surface area contributed by atoms with Crippen molar-refractivity contribution >= 4 is 29.5 Å². The number of carboxylic acid groups (broad SMARTS) is 1. The molecule has 2 rings (SSSR count). The lowest BCUT2D eigenvalue weighted by atomic mass is 9.76. The average molecular weight is 446 g/mol. The minimum Gasteiger partial charge on any atom is -0.481 e. The highest BCUT2D eigenvalue weighted by molar-refractivity contribution is 6.01. The van der Waals surface area contributed by atoms with Crippen molar-refractivity contribution in [3.05, 3.63) is 40.5 Å². The van der Waals surface area contributed by atoms with Gasteiger partial charge in [-0.15, -0.1) is 0 Å². The van der Waals surface area contributed by atoms with Crippen LogP contribution < -0.4 is 5.32 Å². The van der Waals surface area contributed by atoms with Crippen molar-refractivity contribution in [2.75, 3.05) is 5.32 Å². The van der Waals surface area contributed by atoms with Gasteiger partial charge in [-0.2, -0.15) is 0 Å². The number of nitrogens with one attached hydrogen (secondary N) is 1. The number of aliphatic carboxylic acids is 1. The van der Waals surface area contributed by atoms with E-state index >= 15 is 0 Å². The van der Waals surface area contributed by atoms with Crippen molar-refractivity contribution in [2.24, 2.45) is 11.8 Å². The molecule has 0 saturated heterocycles. The van der Waals surface area contributed by atoms with Crippen LogP contribution in [0.4, 0.5) is 5.69 Å². The molecule has 1 aromatic rings. The molecule has 0 bridgehead atoms. The molecule has 1 aliphatic carbocycles. The van der Waals surface area contributed by atoms with E-state index < -0.39 is 35.7 Å². The van der Waals surface area contributed by atoms with Crippen LogP contribution in [-0.2, 0) is 19.1 Å². The van der Waals surface area contributed by atoms with Crippen molar-refractivity contribution in [1.29, 1.82) is 0 Å². The molecule has 1 amide bonds. The van der Waals surface area contributed by atoms with Crippen LogP contribution in [0.1, 0.15) is 75.1 Å². The van der Waals surface area contributed by atoms with Crippen molar-refractivity contribution in [3.8, 4) is 0 Å². The first kappa shape index (κ1) is 25.1. The zero-order chi connectivity index (χ0) is 24.2. The second-order valence-electron chi connectivity index (χ2n) is 8.72. The Balaban J connectivity index is 2.38. The van der Waals surface area contributed by atoms with E-state index in [0.29, 0.717) is 12.8 Å². The second-order valence-corrected chi connectivity index (χ2v) is 8.72. The summed E-state index contributed by atoms with van der Waals surface area (Å²) in [6, 6.07) is 4.16. The quantitative estimate of drug-likeness (QED) is 0.477. The molecular formula is C24H31NO7. The Morgan fingerprint density at radius 1 is 0.844 bits per heavy atom. The summed E-state index contributed by atoms with van der Waals surface area (Å²) in [7, 11) is 0. The van der Waals surface area contributed by atoms with Crippen molar-refractivity contribution < 1.29 is 33.8 Å². The first-order valence-electron chi connectivity index (χ1n) is 10.6. The first-order chi connectivity index (χ1) is 14.9. The highest BCUT2D eigenvalue weighted by atomic mass is 16.5. The Morgan fingerprint density at radius 2 is 1.28 bits per heavy atom. The lowest BCUT2D eigenvalue weighted by Crippen LogP contribution is -2.36. The van der Waals surface area contributed by atoms with E-state index in [4.69, 9.17) is 9.47 Å². The molecule has 1 aromatic carbocycles. The summed E-state index contributed by atoms with van der Waals surface area (Å²) in [6.07, 6.45) is -0.121. The molecule has 32 heavy (non-hydrogen) atoms. The molecule has 8 nitrogen and oxygen atoms in total. The van der Waals surface area contributed by atoms with Gasteiger partial charge in [0.1, 0.15) is 0 Å². The van der Waals surface area contributed by atoms with E-state index in [0.717, 1.165) is 11.1 Å². The number of carbonyl (C=O) groups excluding carboxylic acids is 3. The Morgan fingerprint density at radius 3 is 1.69 bits per heavy atom. The molecule has 0 aliphatic heterocycles. The van der Waals surface area contributed by atoms with Gasteiger partial charge in [0.2, 0.25) is 5.91 Å². The fourth-order valence-corrected chi connectivity index (χ4v) is 3.56. The van der Waals surface area contributed by atoms with Crippen LogP contribution >= 0.6 is 0 Å². The van der Waals surface area contributed by atoms with E-state index in [1.165, 1.54) is 18.2 Å². The standard InChI is InChI=1S/C24H31NO7/c1-12(2)31-23(29)16-9-17(24(30)32-13(3)4)11-18(10-16)25-21(26)19-7-14(5)15(6)8-20(19)22(27)28/h9-13,19-20H,7-8H2,1-6H3,(H,25,26)(H,27,28)/t19-,20-/m0/s1. The van der Waals surface area contributed by atoms with Gasteiger partial charge >= 0.3 is 17.9 Å². The highest BCUT2D eigenvalue weighted by Gasteiger charge is 2.37. The summed E-state index contributed by atoms with van der Waals surface area (Å²) in [5, 5.41) is 12.3.